The van der Waals surface area contributed by atoms with Gasteiger partial charge >= 0.3 is 0 Å². The summed E-state index contributed by atoms with van der Waals surface area (Å²) >= 11 is 0. The zero-order valence-corrected chi connectivity index (χ0v) is 9.15. The van der Waals surface area contributed by atoms with E-state index in [9.17, 15) is 4.79 Å². The molecule has 0 unspecified atom stereocenters. The Bertz CT molecular complexity index is 89.6. The summed E-state index contributed by atoms with van der Waals surface area (Å²) < 4.78 is 4.80. The minimum Gasteiger partial charge on any atom is -0.465 e. The van der Waals surface area contributed by atoms with Crippen LogP contribution in [-0.2, 0) is 9.53 Å². The summed E-state index contributed by atoms with van der Waals surface area (Å²) in [7, 11) is 0. The van der Waals surface area contributed by atoms with Crippen LogP contribution >= 0.6 is 0 Å². The minimum atomic E-state index is 0. The number of rotatable bonds is 2. The van der Waals surface area contributed by atoms with Crippen LogP contribution in [0.15, 0.2) is 0 Å². The molecule has 0 amide bonds. The van der Waals surface area contributed by atoms with Crippen LogP contribution in [0, 0.1) is 41.7 Å². The Morgan fingerprint density at radius 2 is 1.80 bits per heavy atom. The summed E-state index contributed by atoms with van der Waals surface area (Å²) in [5.74, 6) is 0. The Kier molecular flexibility index (Phi) is 7.10. The van der Waals surface area contributed by atoms with Crippen molar-refractivity contribution in [2.75, 3.05) is 0 Å². The van der Waals surface area contributed by atoms with Crippen LogP contribution in [0.4, 0.5) is 0 Å². The van der Waals surface area contributed by atoms with E-state index in [0.717, 1.165) is 12.8 Å². The zero-order valence-electron chi connectivity index (χ0n) is 6.01. The number of carbonyl (C=O) groups is 1. The summed E-state index contributed by atoms with van der Waals surface area (Å²) in [5, 5.41) is 0. The normalized spacial score (nSPS) is 19.2. The van der Waals surface area contributed by atoms with Gasteiger partial charge in [0.2, 0.25) is 0 Å². The molecule has 0 aromatic heterocycles. The van der Waals surface area contributed by atoms with Gasteiger partial charge in [0.15, 0.2) is 0 Å². The molecule has 0 atom stereocenters. The molecule has 3 heteroatoms. The van der Waals surface area contributed by atoms with Gasteiger partial charge in [-0.05, 0) is 25.7 Å². The average molecular weight is 268 g/mol. The van der Waals surface area contributed by atoms with E-state index in [1.54, 1.807) is 0 Å². The number of ether oxygens (including phenoxy) is 1. The average Bonchev–Trinajstić information content (AvgIpc) is 1.91. The van der Waals surface area contributed by atoms with Gasteiger partial charge in [-0.2, -0.15) is 0 Å². The Balaban J connectivity index is 0.000000810. The van der Waals surface area contributed by atoms with Crippen molar-refractivity contribution in [1.82, 2.24) is 0 Å². The molecule has 0 aromatic rings. The Morgan fingerprint density at radius 3 is 2.30 bits per heavy atom. The van der Waals surface area contributed by atoms with Crippen LogP contribution in [0.2, 0.25) is 0 Å². The Morgan fingerprint density at radius 1 is 1.20 bits per heavy atom. The van der Waals surface area contributed by atoms with Crippen molar-refractivity contribution in [3.63, 3.8) is 0 Å². The molecule has 1 rings (SSSR count). The van der Waals surface area contributed by atoms with E-state index >= 15 is 0 Å². The van der Waals surface area contributed by atoms with Gasteiger partial charge in [0, 0.05) is 41.7 Å². The van der Waals surface area contributed by atoms with Crippen molar-refractivity contribution in [2.45, 2.75) is 38.2 Å². The summed E-state index contributed by atoms with van der Waals surface area (Å²) in [6.45, 7) is 0.565. The van der Waals surface area contributed by atoms with Crippen LogP contribution in [0.5, 0.6) is 0 Å². The molecule has 0 spiro atoms. The van der Waals surface area contributed by atoms with Crippen LogP contribution in [0.1, 0.15) is 32.1 Å². The SMILES string of the molecule is O=COC1CCCCC1.[Ce]. The van der Waals surface area contributed by atoms with Gasteiger partial charge in [0.05, 0.1) is 0 Å². The molecule has 0 heterocycles. The molecule has 1 fully saturated rings. The van der Waals surface area contributed by atoms with E-state index in [1.807, 2.05) is 0 Å². The van der Waals surface area contributed by atoms with Gasteiger partial charge in [0.25, 0.3) is 6.47 Å². The fourth-order valence-electron chi connectivity index (χ4n) is 1.28. The van der Waals surface area contributed by atoms with Crippen molar-refractivity contribution in [3.8, 4) is 0 Å². The smallest absolute Gasteiger partial charge is 0.293 e. The summed E-state index contributed by atoms with van der Waals surface area (Å²) in [6.07, 6.45) is 6.11. The van der Waals surface area contributed by atoms with E-state index < -0.39 is 0 Å². The topological polar surface area (TPSA) is 26.3 Å². The van der Waals surface area contributed by atoms with E-state index in [1.165, 1.54) is 19.3 Å². The van der Waals surface area contributed by atoms with Crippen molar-refractivity contribution < 1.29 is 51.3 Å². The third-order valence-corrected chi connectivity index (χ3v) is 1.80. The molecule has 0 aliphatic heterocycles. The van der Waals surface area contributed by atoms with Gasteiger partial charge in [0.1, 0.15) is 6.10 Å². The first-order valence-electron chi connectivity index (χ1n) is 3.52. The first-order chi connectivity index (χ1) is 4.43. The fourth-order valence-corrected chi connectivity index (χ4v) is 1.28. The predicted molar refractivity (Wildman–Crippen MR) is 34.0 cm³/mol. The van der Waals surface area contributed by atoms with Gasteiger partial charge in [-0.25, -0.2) is 0 Å². The second-order valence-electron chi connectivity index (χ2n) is 2.49. The summed E-state index contributed by atoms with van der Waals surface area (Å²) in [6, 6.07) is 0. The van der Waals surface area contributed by atoms with E-state index in [4.69, 9.17) is 4.74 Å². The number of carbonyl (C=O) groups excluding carboxylic acids is 1. The zero-order chi connectivity index (χ0) is 6.53. The largest absolute Gasteiger partial charge is 0.465 e. The van der Waals surface area contributed by atoms with E-state index in [0.29, 0.717) is 6.47 Å². The molecular weight excluding hydrogens is 256 g/mol. The second-order valence-corrected chi connectivity index (χ2v) is 2.49. The van der Waals surface area contributed by atoms with Gasteiger partial charge in [-0.3, -0.25) is 4.79 Å². The summed E-state index contributed by atoms with van der Waals surface area (Å²) in [5.41, 5.74) is 0. The third-order valence-electron chi connectivity index (χ3n) is 1.80. The van der Waals surface area contributed by atoms with Gasteiger partial charge < -0.3 is 4.74 Å². The van der Waals surface area contributed by atoms with Crippen LogP contribution in [0.3, 0.4) is 0 Å². The van der Waals surface area contributed by atoms with E-state index in [2.05, 4.69) is 0 Å². The molecule has 2 nitrogen and oxygen atoms in total. The number of hydrogen-bond acceptors (Lipinski definition) is 2. The van der Waals surface area contributed by atoms with Crippen molar-refractivity contribution in [1.29, 1.82) is 0 Å². The standard InChI is InChI=1S/C7H12O2.Ce/c8-6-9-7-4-2-1-3-5-7;/h6-7H,1-5H2;. The maximum atomic E-state index is 9.85. The maximum Gasteiger partial charge on any atom is 0.293 e. The van der Waals surface area contributed by atoms with Crippen LogP contribution in [0.25, 0.3) is 0 Å². The first-order valence-corrected chi connectivity index (χ1v) is 3.52. The van der Waals surface area contributed by atoms with Crippen molar-refractivity contribution >= 4 is 6.47 Å². The van der Waals surface area contributed by atoms with Crippen molar-refractivity contribution in [3.05, 3.63) is 0 Å². The molecule has 1 aliphatic rings. The molecule has 56 valence electrons. The molecule has 10 heavy (non-hydrogen) atoms. The molecule has 1 aliphatic carbocycles. The van der Waals surface area contributed by atoms with Crippen LogP contribution < -0.4 is 0 Å². The molecule has 1 saturated carbocycles. The molecular formula is C7H12CeO2. The second kappa shape index (κ2) is 6.55. The van der Waals surface area contributed by atoms with Gasteiger partial charge in [-0.15, -0.1) is 0 Å². The monoisotopic (exact) mass is 268 g/mol. The van der Waals surface area contributed by atoms with Crippen LogP contribution in [-0.4, -0.2) is 12.6 Å². The minimum absolute atomic E-state index is 0. The molecule has 0 saturated heterocycles. The third kappa shape index (κ3) is 3.88. The Labute approximate surface area is 95.1 Å². The number of hydrogen-bond donors (Lipinski definition) is 0. The molecule has 0 bridgehead atoms. The van der Waals surface area contributed by atoms with Crippen molar-refractivity contribution in [2.24, 2.45) is 0 Å². The van der Waals surface area contributed by atoms with Gasteiger partial charge in [-0.1, -0.05) is 6.42 Å². The summed E-state index contributed by atoms with van der Waals surface area (Å²) in [4.78, 5) is 9.85. The molecule has 0 N–H and O–H groups in total. The quantitative estimate of drug-likeness (QED) is 0.709. The fraction of sp³-hybridized carbons (Fsp3) is 0.857. The maximum absolute atomic E-state index is 9.85. The first kappa shape index (κ1) is 10.8. The Hall–Kier alpha value is 0.847. The molecule has 0 radical (unpaired) electrons. The molecule has 0 aromatic carbocycles. The predicted octanol–water partition coefficient (Wildman–Crippen LogP) is 1.49. The van der Waals surface area contributed by atoms with E-state index in [-0.39, 0.29) is 47.9 Å².